The summed E-state index contributed by atoms with van der Waals surface area (Å²) in [4.78, 5) is 12.9. The Morgan fingerprint density at radius 2 is 2.20 bits per heavy atom. The summed E-state index contributed by atoms with van der Waals surface area (Å²) in [6.07, 6.45) is 0. The predicted molar refractivity (Wildman–Crippen MR) is 41.8 cm³/mol. The minimum absolute atomic E-state index is 0.0649. The van der Waals surface area contributed by atoms with Crippen LogP contribution in [0.3, 0.4) is 0 Å². The average Bonchev–Trinajstić information content (AvgIpc) is 2.00. The Kier molecular flexibility index (Phi) is 4.03. The fourth-order valence-corrected chi connectivity index (χ4v) is 0.610. The first kappa shape index (κ1) is 9.43. The van der Waals surface area contributed by atoms with E-state index in [2.05, 4.69) is 5.32 Å². The Morgan fingerprint density at radius 3 is 2.50 bits per heavy atom. The van der Waals surface area contributed by atoms with E-state index in [1.165, 1.54) is 0 Å². The number of nitrogens with zero attached hydrogens (tertiary/aromatic N) is 1. The van der Waals surface area contributed by atoms with Crippen LogP contribution >= 0.6 is 0 Å². The van der Waals surface area contributed by atoms with Gasteiger partial charge in [0.2, 0.25) is 5.91 Å². The van der Waals surface area contributed by atoms with Crippen LogP contribution in [0.25, 0.3) is 0 Å². The highest BCUT2D eigenvalue weighted by Gasteiger charge is 2.12. The van der Waals surface area contributed by atoms with Crippen molar-refractivity contribution in [2.45, 2.75) is 19.9 Å². The average molecular weight is 144 g/mol. The maximum absolute atomic E-state index is 11.2. The second-order valence-electron chi connectivity index (χ2n) is 2.36. The lowest BCUT2D eigenvalue weighted by molar-refractivity contribution is -0.131. The van der Waals surface area contributed by atoms with Gasteiger partial charge in [-0.2, -0.15) is 0 Å². The molecule has 0 heterocycles. The van der Waals surface area contributed by atoms with Crippen LogP contribution in [0.1, 0.15) is 13.8 Å². The number of rotatable bonds is 3. The first-order valence-corrected chi connectivity index (χ1v) is 3.55. The summed E-state index contributed by atoms with van der Waals surface area (Å²) < 4.78 is 0. The molecule has 0 spiro atoms. The molecule has 0 aliphatic carbocycles. The van der Waals surface area contributed by atoms with Gasteiger partial charge in [-0.1, -0.05) is 0 Å². The fraction of sp³-hybridized carbons (Fsp3) is 0.857. The van der Waals surface area contributed by atoms with Gasteiger partial charge >= 0.3 is 0 Å². The van der Waals surface area contributed by atoms with Gasteiger partial charge in [-0.15, -0.1) is 0 Å². The van der Waals surface area contributed by atoms with Crippen LogP contribution in [-0.4, -0.2) is 37.5 Å². The van der Waals surface area contributed by atoms with Gasteiger partial charge in [-0.05, 0) is 20.9 Å². The second-order valence-corrected chi connectivity index (χ2v) is 2.36. The van der Waals surface area contributed by atoms with Gasteiger partial charge in [0.1, 0.15) is 0 Å². The van der Waals surface area contributed by atoms with Gasteiger partial charge in [0.25, 0.3) is 0 Å². The quantitative estimate of drug-likeness (QED) is 0.608. The van der Waals surface area contributed by atoms with Crippen molar-refractivity contribution in [1.29, 1.82) is 0 Å². The molecule has 0 aliphatic heterocycles. The Labute approximate surface area is 62.4 Å². The third kappa shape index (κ3) is 2.35. The molecular weight excluding hydrogens is 128 g/mol. The van der Waals surface area contributed by atoms with Crippen LogP contribution in [0.15, 0.2) is 0 Å². The highest BCUT2D eigenvalue weighted by Crippen LogP contribution is 1.89. The molecule has 0 aromatic rings. The number of hydrogen-bond acceptors (Lipinski definition) is 2. The van der Waals surface area contributed by atoms with Crippen molar-refractivity contribution in [3.05, 3.63) is 0 Å². The molecule has 3 heteroatoms. The van der Waals surface area contributed by atoms with E-state index in [1.54, 1.807) is 19.0 Å². The van der Waals surface area contributed by atoms with E-state index < -0.39 is 0 Å². The van der Waals surface area contributed by atoms with Crippen molar-refractivity contribution >= 4 is 5.91 Å². The molecule has 0 bridgehead atoms. The molecule has 0 fully saturated rings. The van der Waals surface area contributed by atoms with Gasteiger partial charge in [-0.3, -0.25) is 4.79 Å². The van der Waals surface area contributed by atoms with E-state index in [0.29, 0.717) is 0 Å². The zero-order valence-corrected chi connectivity index (χ0v) is 7.14. The van der Waals surface area contributed by atoms with Gasteiger partial charge in [-0.25, -0.2) is 0 Å². The van der Waals surface area contributed by atoms with Crippen LogP contribution in [0.5, 0.6) is 0 Å². The molecule has 10 heavy (non-hydrogen) atoms. The number of amides is 1. The van der Waals surface area contributed by atoms with Gasteiger partial charge in [0.15, 0.2) is 0 Å². The molecule has 0 rings (SSSR count). The minimum Gasteiger partial charge on any atom is -0.345 e. The molecule has 0 aliphatic rings. The van der Waals surface area contributed by atoms with Crippen LogP contribution in [-0.2, 0) is 4.79 Å². The summed E-state index contributed by atoms with van der Waals surface area (Å²) in [5.41, 5.74) is 0. The normalized spacial score (nSPS) is 12.8. The van der Waals surface area contributed by atoms with Crippen LogP contribution in [0.4, 0.5) is 0 Å². The molecule has 0 saturated carbocycles. The van der Waals surface area contributed by atoms with Crippen LogP contribution in [0.2, 0.25) is 0 Å². The van der Waals surface area contributed by atoms with Crippen molar-refractivity contribution in [3.8, 4) is 0 Å². The molecule has 1 amide bonds. The lowest BCUT2D eigenvalue weighted by Crippen LogP contribution is -2.41. The predicted octanol–water partition coefficient (Wildman–Crippen LogP) is 0.0726. The SMILES string of the molecule is CCN(C)C(=O)C(C)NC. The lowest BCUT2D eigenvalue weighted by Gasteiger charge is -2.18. The molecular formula is C7H16N2O. The molecule has 1 atom stereocenters. The number of carbonyl (C=O) groups excluding carboxylic acids is 1. The first-order chi connectivity index (χ1) is 4.63. The van der Waals surface area contributed by atoms with Crippen molar-refractivity contribution in [2.75, 3.05) is 20.6 Å². The van der Waals surface area contributed by atoms with E-state index >= 15 is 0 Å². The number of likely N-dealkylation sites (N-methyl/N-ethyl adjacent to an activating group) is 2. The van der Waals surface area contributed by atoms with E-state index in [1.807, 2.05) is 13.8 Å². The summed E-state index contributed by atoms with van der Waals surface area (Å²) in [7, 11) is 3.59. The molecule has 0 aromatic carbocycles. The summed E-state index contributed by atoms with van der Waals surface area (Å²) in [6, 6.07) is -0.0649. The summed E-state index contributed by atoms with van der Waals surface area (Å²) in [6.45, 7) is 4.58. The number of nitrogens with one attached hydrogen (secondary N) is 1. The Balaban J connectivity index is 3.82. The van der Waals surface area contributed by atoms with Gasteiger partial charge in [0, 0.05) is 13.6 Å². The highest BCUT2D eigenvalue weighted by molar-refractivity contribution is 5.81. The number of carbonyl (C=O) groups is 1. The maximum atomic E-state index is 11.2. The Morgan fingerprint density at radius 1 is 1.70 bits per heavy atom. The standard InChI is InChI=1S/C7H16N2O/c1-5-9(4)7(10)6(2)8-3/h6,8H,5H2,1-4H3. The summed E-state index contributed by atoms with van der Waals surface area (Å²) in [5, 5.41) is 2.89. The minimum atomic E-state index is -0.0649. The van der Waals surface area contributed by atoms with Gasteiger partial charge < -0.3 is 10.2 Å². The third-order valence-electron chi connectivity index (χ3n) is 1.65. The van der Waals surface area contributed by atoms with Crippen molar-refractivity contribution in [2.24, 2.45) is 0 Å². The van der Waals surface area contributed by atoms with E-state index in [-0.39, 0.29) is 11.9 Å². The van der Waals surface area contributed by atoms with Crippen LogP contribution in [0, 0.1) is 0 Å². The monoisotopic (exact) mass is 144 g/mol. The second kappa shape index (κ2) is 4.28. The van der Waals surface area contributed by atoms with E-state index in [9.17, 15) is 4.79 Å². The zero-order valence-electron chi connectivity index (χ0n) is 7.14. The van der Waals surface area contributed by atoms with Crippen molar-refractivity contribution < 1.29 is 4.79 Å². The topological polar surface area (TPSA) is 32.3 Å². The molecule has 60 valence electrons. The fourth-order valence-electron chi connectivity index (χ4n) is 0.610. The third-order valence-corrected chi connectivity index (χ3v) is 1.65. The molecule has 0 saturated heterocycles. The maximum Gasteiger partial charge on any atom is 0.239 e. The first-order valence-electron chi connectivity index (χ1n) is 3.55. The molecule has 3 nitrogen and oxygen atoms in total. The van der Waals surface area contributed by atoms with Crippen LogP contribution < -0.4 is 5.32 Å². The van der Waals surface area contributed by atoms with Crippen molar-refractivity contribution in [3.63, 3.8) is 0 Å². The van der Waals surface area contributed by atoms with Gasteiger partial charge in [0.05, 0.1) is 6.04 Å². The van der Waals surface area contributed by atoms with E-state index in [4.69, 9.17) is 0 Å². The lowest BCUT2D eigenvalue weighted by atomic mass is 10.3. The van der Waals surface area contributed by atoms with Crippen molar-refractivity contribution in [1.82, 2.24) is 10.2 Å². The summed E-state index contributed by atoms with van der Waals surface area (Å²) in [5.74, 6) is 0.144. The number of hydrogen-bond donors (Lipinski definition) is 1. The molecule has 0 radical (unpaired) electrons. The molecule has 1 N–H and O–H groups in total. The largest absolute Gasteiger partial charge is 0.345 e. The Hall–Kier alpha value is -0.570. The summed E-state index contributed by atoms with van der Waals surface area (Å²) >= 11 is 0. The zero-order chi connectivity index (χ0) is 8.15. The smallest absolute Gasteiger partial charge is 0.239 e. The Bertz CT molecular complexity index is 102. The van der Waals surface area contributed by atoms with E-state index in [0.717, 1.165) is 6.54 Å². The molecule has 0 aromatic heterocycles. The molecule has 1 unspecified atom stereocenters. The highest BCUT2D eigenvalue weighted by atomic mass is 16.2.